The van der Waals surface area contributed by atoms with Gasteiger partial charge in [0.05, 0.1) is 17.7 Å². The molecular weight excluding hydrogens is 271 g/mol. The van der Waals surface area contributed by atoms with Crippen LogP contribution < -0.4 is 0 Å². The van der Waals surface area contributed by atoms with Gasteiger partial charge in [-0.1, -0.05) is 12.1 Å². The molecular formula is C16H17FN2O2. The summed E-state index contributed by atoms with van der Waals surface area (Å²) in [4.78, 5) is 17.2. The van der Waals surface area contributed by atoms with E-state index in [-0.39, 0.29) is 24.3 Å². The average molecular weight is 288 g/mol. The molecule has 0 bridgehead atoms. The zero-order chi connectivity index (χ0) is 15.0. The molecule has 4 nitrogen and oxygen atoms in total. The Morgan fingerprint density at radius 2 is 2.24 bits per heavy atom. The fraction of sp³-hybridized carbons (Fsp3) is 0.312. The molecule has 0 unspecified atom stereocenters. The van der Waals surface area contributed by atoms with Gasteiger partial charge < -0.3 is 15.0 Å². The molecule has 2 heterocycles. The van der Waals surface area contributed by atoms with Crippen LogP contribution in [0.15, 0.2) is 36.5 Å². The minimum atomic E-state index is -0.582. The lowest BCUT2D eigenvalue weighted by Crippen LogP contribution is -2.32. The maximum Gasteiger partial charge on any atom is 0.256 e. The predicted octanol–water partition coefficient (Wildman–Crippen LogP) is 2.41. The summed E-state index contributed by atoms with van der Waals surface area (Å²) < 4.78 is 13.4. The Morgan fingerprint density at radius 1 is 1.43 bits per heavy atom. The van der Waals surface area contributed by atoms with Gasteiger partial charge in [-0.05, 0) is 37.1 Å². The molecule has 2 aromatic rings. The van der Waals surface area contributed by atoms with Crippen LogP contribution in [0, 0.1) is 12.7 Å². The lowest BCUT2D eigenvalue weighted by molar-refractivity contribution is 0.0715. The van der Waals surface area contributed by atoms with Crippen molar-refractivity contribution in [2.45, 2.75) is 25.5 Å². The fourth-order valence-corrected chi connectivity index (χ4v) is 2.91. The monoisotopic (exact) mass is 288 g/mol. The molecule has 2 N–H and O–H groups in total. The van der Waals surface area contributed by atoms with Gasteiger partial charge in [0.1, 0.15) is 5.82 Å². The molecule has 0 radical (unpaired) electrons. The minimum Gasteiger partial charge on any atom is -0.391 e. The highest BCUT2D eigenvalue weighted by Crippen LogP contribution is 2.33. The molecule has 1 aliphatic rings. The number of aliphatic hydroxyl groups excluding tert-OH is 1. The summed E-state index contributed by atoms with van der Waals surface area (Å²) >= 11 is 0. The first-order valence-electron chi connectivity index (χ1n) is 6.94. The van der Waals surface area contributed by atoms with Crippen molar-refractivity contribution in [2.75, 3.05) is 6.54 Å². The number of β-amino-alcohol motifs (C(OH)–C–C–N with tert-alkyl or cyclic N) is 1. The summed E-state index contributed by atoms with van der Waals surface area (Å²) in [5.41, 5.74) is 2.10. The van der Waals surface area contributed by atoms with Crippen LogP contribution in [0.3, 0.4) is 0 Å². The number of aryl methyl sites for hydroxylation is 1. The Kier molecular flexibility index (Phi) is 3.51. The normalized spacial score (nSPS) is 21.8. The number of aliphatic hydroxyl groups is 1. The number of likely N-dealkylation sites (tertiary alicyclic amines) is 1. The minimum absolute atomic E-state index is 0.139. The number of nitrogens with one attached hydrogen (secondary N) is 1. The van der Waals surface area contributed by atoms with Crippen molar-refractivity contribution in [2.24, 2.45) is 0 Å². The number of benzene rings is 1. The standard InChI is InChI=1S/C16H17FN2O2/c1-10-14(5-6-18-10)16(21)19-9-13(20)8-15(19)11-3-2-4-12(17)7-11/h2-7,13,15,18,20H,8-9H2,1H3/t13-,15+/m1/s1. The number of aromatic nitrogens is 1. The van der Waals surface area contributed by atoms with Crippen LogP contribution in [0.2, 0.25) is 0 Å². The number of hydrogen-bond acceptors (Lipinski definition) is 2. The van der Waals surface area contributed by atoms with E-state index in [1.807, 2.05) is 6.92 Å². The highest BCUT2D eigenvalue weighted by Gasteiger charge is 2.36. The summed E-state index contributed by atoms with van der Waals surface area (Å²) in [7, 11) is 0. The van der Waals surface area contributed by atoms with E-state index in [4.69, 9.17) is 0 Å². The molecule has 0 aliphatic carbocycles. The third-order valence-corrected chi connectivity index (χ3v) is 3.96. The second-order valence-corrected chi connectivity index (χ2v) is 5.43. The maximum atomic E-state index is 13.4. The van der Waals surface area contributed by atoms with E-state index in [1.54, 1.807) is 29.3 Å². The van der Waals surface area contributed by atoms with Gasteiger partial charge in [-0.2, -0.15) is 0 Å². The van der Waals surface area contributed by atoms with Crippen LogP contribution in [0.4, 0.5) is 4.39 Å². The van der Waals surface area contributed by atoms with Crippen molar-refractivity contribution >= 4 is 5.91 Å². The molecule has 1 aliphatic heterocycles. The number of halogens is 1. The van der Waals surface area contributed by atoms with Crippen molar-refractivity contribution in [3.8, 4) is 0 Å². The Morgan fingerprint density at radius 3 is 2.90 bits per heavy atom. The van der Waals surface area contributed by atoms with E-state index < -0.39 is 6.10 Å². The van der Waals surface area contributed by atoms with Crippen molar-refractivity contribution in [1.29, 1.82) is 0 Å². The largest absolute Gasteiger partial charge is 0.391 e. The third kappa shape index (κ3) is 2.56. The molecule has 0 spiro atoms. The van der Waals surface area contributed by atoms with Crippen LogP contribution in [-0.4, -0.2) is 33.5 Å². The smallest absolute Gasteiger partial charge is 0.256 e. The van der Waals surface area contributed by atoms with E-state index in [2.05, 4.69) is 4.98 Å². The van der Waals surface area contributed by atoms with Crippen LogP contribution in [0.5, 0.6) is 0 Å². The highest BCUT2D eigenvalue weighted by molar-refractivity contribution is 5.95. The molecule has 5 heteroatoms. The number of carbonyl (C=O) groups is 1. The SMILES string of the molecule is Cc1[nH]ccc1C(=O)N1C[C@H](O)C[C@H]1c1cccc(F)c1. The summed E-state index contributed by atoms with van der Waals surface area (Å²) in [6.45, 7) is 2.10. The number of hydrogen-bond donors (Lipinski definition) is 2. The van der Waals surface area contributed by atoms with Gasteiger partial charge in [0.25, 0.3) is 5.91 Å². The van der Waals surface area contributed by atoms with E-state index in [0.29, 0.717) is 17.5 Å². The topological polar surface area (TPSA) is 56.3 Å². The number of aromatic amines is 1. The molecule has 21 heavy (non-hydrogen) atoms. The van der Waals surface area contributed by atoms with E-state index in [9.17, 15) is 14.3 Å². The highest BCUT2D eigenvalue weighted by atomic mass is 19.1. The van der Waals surface area contributed by atoms with Crippen molar-refractivity contribution in [1.82, 2.24) is 9.88 Å². The van der Waals surface area contributed by atoms with E-state index in [0.717, 1.165) is 5.69 Å². The number of H-pyrrole nitrogens is 1. The Hall–Kier alpha value is -2.14. The first-order valence-corrected chi connectivity index (χ1v) is 6.94. The van der Waals surface area contributed by atoms with Gasteiger partial charge >= 0.3 is 0 Å². The zero-order valence-corrected chi connectivity index (χ0v) is 11.7. The van der Waals surface area contributed by atoms with Crippen LogP contribution in [0.1, 0.15) is 34.1 Å². The lowest BCUT2D eigenvalue weighted by Gasteiger charge is -2.24. The average Bonchev–Trinajstić information content (AvgIpc) is 3.04. The molecule has 1 amide bonds. The third-order valence-electron chi connectivity index (χ3n) is 3.96. The molecule has 3 rings (SSSR count). The number of amides is 1. The molecule has 1 fully saturated rings. The van der Waals surface area contributed by atoms with Gasteiger partial charge in [0.15, 0.2) is 0 Å². The van der Waals surface area contributed by atoms with Crippen molar-refractivity contribution in [3.05, 3.63) is 59.2 Å². The van der Waals surface area contributed by atoms with Gasteiger partial charge in [0.2, 0.25) is 0 Å². The van der Waals surface area contributed by atoms with Crippen LogP contribution in [0.25, 0.3) is 0 Å². The quantitative estimate of drug-likeness (QED) is 0.891. The van der Waals surface area contributed by atoms with Crippen molar-refractivity contribution in [3.63, 3.8) is 0 Å². The van der Waals surface area contributed by atoms with Crippen LogP contribution >= 0.6 is 0 Å². The Balaban J connectivity index is 1.93. The number of nitrogens with zero attached hydrogens (tertiary/aromatic N) is 1. The van der Waals surface area contributed by atoms with Gasteiger partial charge in [-0.25, -0.2) is 4.39 Å². The van der Waals surface area contributed by atoms with Crippen molar-refractivity contribution < 1.29 is 14.3 Å². The van der Waals surface area contributed by atoms with Gasteiger partial charge in [-0.15, -0.1) is 0 Å². The molecule has 1 saturated heterocycles. The molecule has 0 saturated carbocycles. The summed E-state index contributed by atoms with van der Waals surface area (Å²) in [6, 6.07) is 7.64. The summed E-state index contributed by atoms with van der Waals surface area (Å²) in [6.07, 6.45) is 1.56. The first kappa shape index (κ1) is 13.8. The van der Waals surface area contributed by atoms with Crippen LogP contribution in [-0.2, 0) is 0 Å². The predicted molar refractivity (Wildman–Crippen MR) is 76.3 cm³/mol. The first-order chi connectivity index (χ1) is 10.1. The molecule has 2 atom stereocenters. The molecule has 110 valence electrons. The second kappa shape index (κ2) is 5.33. The summed E-state index contributed by atoms with van der Waals surface area (Å²) in [5.74, 6) is -0.473. The molecule has 1 aromatic carbocycles. The lowest BCUT2D eigenvalue weighted by atomic mass is 10.0. The number of rotatable bonds is 2. The second-order valence-electron chi connectivity index (χ2n) is 5.43. The van der Waals surface area contributed by atoms with E-state index >= 15 is 0 Å². The fourth-order valence-electron chi connectivity index (χ4n) is 2.91. The Bertz CT molecular complexity index is 668. The number of carbonyl (C=O) groups excluding carboxylic acids is 1. The van der Waals surface area contributed by atoms with Gasteiger partial charge in [0, 0.05) is 18.4 Å². The Labute approximate surface area is 122 Å². The summed E-state index contributed by atoms with van der Waals surface area (Å²) in [5, 5.41) is 9.92. The van der Waals surface area contributed by atoms with E-state index in [1.165, 1.54) is 12.1 Å². The molecule has 1 aromatic heterocycles. The zero-order valence-electron chi connectivity index (χ0n) is 11.7. The maximum absolute atomic E-state index is 13.4. The van der Waals surface area contributed by atoms with Gasteiger partial charge in [-0.3, -0.25) is 4.79 Å².